The molecule has 1 saturated heterocycles. The van der Waals surface area contributed by atoms with Crippen LogP contribution in [0.2, 0.25) is 0 Å². The van der Waals surface area contributed by atoms with Crippen LogP contribution in [0.25, 0.3) is 0 Å². The molecule has 7 heteroatoms. The number of carboxylic acids is 1. The highest BCUT2D eigenvalue weighted by molar-refractivity contribution is 5.91. The number of aryl methyl sites for hydroxylation is 2. The van der Waals surface area contributed by atoms with Crippen LogP contribution < -0.4 is 4.90 Å². The van der Waals surface area contributed by atoms with Gasteiger partial charge in [0.15, 0.2) is 5.82 Å². The number of benzene rings is 1. The van der Waals surface area contributed by atoms with Crippen LogP contribution >= 0.6 is 24.8 Å². The monoisotopic (exact) mass is 411 g/mol. The van der Waals surface area contributed by atoms with Crippen LogP contribution in [0.5, 0.6) is 0 Å². The van der Waals surface area contributed by atoms with Crippen LogP contribution in [0.3, 0.4) is 0 Å². The van der Waals surface area contributed by atoms with Gasteiger partial charge in [-0.3, -0.25) is 0 Å². The Balaban J connectivity index is 0.00000182. The summed E-state index contributed by atoms with van der Waals surface area (Å²) in [5.41, 5.74) is 4.67. The Hall–Kier alpha value is -1.85. The predicted molar refractivity (Wildman–Crippen MR) is 113 cm³/mol. The smallest absolute Gasteiger partial charge is 0.336 e. The van der Waals surface area contributed by atoms with E-state index in [2.05, 4.69) is 22.0 Å². The zero-order valence-electron chi connectivity index (χ0n) is 15.9. The minimum absolute atomic E-state index is 0. The maximum Gasteiger partial charge on any atom is 0.336 e. The topological polar surface area (TPSA) is 66.3 Å². The number of piperidine rings is 1. The Morgan fingerprint density at radius 3 is 2.41 bits per heavy atom. The Kier molecular flexibility index (Phi) is 8.51. The first kappa shape index (κ1) is 23.2. The third kappa shape index (κ3) is 5.11. The van der Waals surface area contributed by atoms with Gasteiger partial charge in [-0.1, -0.05) is 6.07 Å². The van der Waals surface area contributed by atoms with Crippen molar-refractivity contribution >= 4 is 36.6 Å². The molecule has 148 valence electrons. The van der Waals surface area contributed by atoms with Gasteiger partial charge in [-0.2, -0.15) is 5.10 Å². The van der Waals surface area contributed by atoms with E-state index in [1.54, 1.807) is 6.20 Å². The summed E-state index contributed by atoms with van der Waals surface area (Å²) in [4.78, 5) is 13.9. The zero-order chi connectivity index (χ0) is 18.0. The summed E-state index contributed by atoms with van der Waals surface area (Å²) in [6.07, 6.45) is 4.82. The van der Waals surface area contributed by atoms with Crippen molar-refractivity contribution in [3.63, 3.8) is 0 Å². The molecule has 0 unspecified atom stereocenters. The summed E-state index contributed by atoms with van der Waals surface area (Å²) in [7, 11) is 0. The lowest BCUT2D eigenvalue weighted by atomic mass is 9.84. The zero-order valence-corrected chi connectivity index (χ0v) is 17.6. The van der Waals surface area contributed by atoms with Crippen LogP contribution in [-0.4, -0.2) is 34.4 Å². The van der Waals surface area contributed by atoms with Crippen molar-refractivity contribution in [1.29, 1.82) is 0 Å². The van der Waals surface area contributed by atoms with Crippen LogP contribution in [0.15, 0.2) is 24.4 Å². The summed E-state index contributed by atoms with van der Waals surface area (Å²) in [5.74, 6) is 0.695. The molecular weight excluding hydrogens is 385 g/mol. The molecule has 1 aromatic heterocycles. The lowest BCUT2D eigenvalue weighted by molar-refractivity contribution is 0.0695. The van der Waals surface area contributed by atoms with Crippen molar-refractivity contribution in [3.8, 4) is 0 Å². The van der Waals surface area contributed by atoms with Gasteiger partial charge in [0.1, 0.15) is 0 Å². The summed E-state index contributed by atoms with van der Waals surface area (Å²) >= 11 is 0. The van der Waals surface area contributed by atoms with Crippen molar-refractivity contribution in [2.75, 3.05) is 18.0 Å². The van der Waals surface area contributed by atoms with E-state index in [4.69, 9.17) is 0 Å². The molecule has 0 atom stereocenters. The second kappa shape index (κ2) is 9.90. The van der Waals surface area contributed by atoms with Crippen LogP contribution in [0.1, 0.15) is 45.5 Å². The fourth-order valence-electron chi connectivity index (χ4n) is 3.99. The van der Waals surface area contributed by atoms with E-state index in [1.807, 2.05) is 32.0 Å². The first-order chi connectivity index (χ1) is 12.0. The fraction of sp³-hybridized carbons (Fsp3) is 0.450. The molecule has 0 spiro atoms. The molecule has 0 amide bonds. The molecule has 2 aromatic rings. The van der Waals surface area contributed by atoms with Crippen molar-refractivity contribution < 1.29 is 9.90 Å². The normalized spacial score (nSPS) is 14.3. The number of nitrogens with zero attached hydrogens (tertiary/aromatic N) is 3. The van der Waals surface area contributed by atoms with Crippen molar-refractivity contribution in [3.05, 3.63) is 52.2 Å². The van der Waals surface area contributed by atoms with Gasteiger partial charge in [-0.15, -0.1) is 29.9 Å². The Morgan fingerprint density at radius 2 is 1.85 bits per heavy atom. The molecule has 0 aliphatic carbocycles. The van der Waals surface area contributed by atoms with E-state index >= 15 is 0 Å². The third-order valence-electron chi connectivity index (χ3n) is 5.33. The number of halogens is 2. The average Bonchev–Trinajstić information content (AvgIpc) is 2.59. The molecule has 1 aliphatic heterocycles. The molecule has 1 fully saturated rings. The molecule has 0 radical (unpaired) electrons. The number of rotatable bonds is 4. The van der Waals surface area contributed by atoms with E-state index < -0.39 is 5.97 Å². The largest absolute Gasteiger partial charge is 0.478 e. The first-order valence-electron chi connectivity index (χ1n) is 8.83. The molecule has 1 aliphatic rings. The second-order valence-electron chi connectivity index (χ2n) is 7.01. The molecule has 27 heavy (non-hydrogen) atoms. The van der Waals surface area contributed by atoms with Crippen molar-refractivity contribution in [1.82, 2.24) is 10.2 Å². The highest BCUT2D eigenvalue weighted by Gasteiger charge is 2.23. The van der Waals surface area contributed by atoms with Crippen LogP contribution in [0.4, 0.5) is 5.82 Å². The number of carboxylic acid groups (broad SMARTS) is 1. The Bertz CT molecular complexity index is 777. The van der Waals surface area contributed by atoms with E-state index in [1.165, 1.54) is 11.1 Å². The highest BCUT2D eigenvalue weighted by Crippen LogP contribution is 2.29. The SMILES string of the molecule is Cc1cc(C)c(C(=O)O)c(C)c1CC1CCN(c2cccnn2)CC1.Cl.Cl. The number of hydrogen-bond donors (Lipinski definition) is 1. The van der Waals surface area contributed by atoms with Gasteiger partial charge in [0.2, 0.25) is 0 Å². The summed E-state index contributed by atoms with van der Waals surface area (Å²) in [6, 6.07) is 5.93. The summed E-state index contributed by atoms with van der Waals surface area (Å²) in [6.45, 7) is 7.87. The van der Waals surface area contributed by atoms with Crippen LogP contribution in [-0.2, 0) is 6.42 Å². The number of aromatic nitrogens is 2. The average molecular weight is 412 g/mol. The van der Waals surface area contributed by atoms with E-state index in [-0.39, 0.29) is 24.8 Å². The summed E-state index contributed by atoms with van der Waals surface area (Å²) in [5, 5.41) is 17.7. The molecule has 0 bridgehead atoms. The molecule has 1 aromatic carbocycles. The molecule has 2 heterocycles. The number of carbonyl (C=O) groups is 1. The van der Waals surface area contributed by atoms with Gasteiger partial charge in [0.05, 0.1) is 5.56 Å². The quantitative estimate of drug-likeness (QED) is 0.806. The molecular formula is C20H27Cl2N3O2. The van der Waals surface area contributed by atoms with Gasteiger partial charge in [-0.05, 0) is 80.3 Å². The second-order valence-corrected chi connectivity index (χ2v) is 7.01. The Morgan fingerprint density at radius 1 is 1.19 bits per heavy atom. The van der Waals surface area contributed by atoms with Gasteiger partial charge in [0, 0.05) is 19.3 Å². The van der Waals surface area contributed by atoms with Crippen LogP contribution in [0, 0.1) is 26.7 Å². The lowest BCUT2D eigenvalue weighted by Gasteiger charge is -2.33. The predicted octanol–water partition coefficient (Wildman–Crippen LogP) is 4.40. The maximum atomic E-state index is 11.6. The van der Waals surface area contributed by atoms with Gasteiger partial charge < -0.3 is 10.0 Å². The van der Waals surface area contributed by atoms with Gasteiger partial charge in [0.25, 0.3) is 0 Å². The van der Waals surface area contributed by atoms with Crippen molar-refractivity contribution in [2.24, 2.45) is 5.92 Å². The fourth-order valence-corrected chi connectivity index (χ4v) is 3.99. The summed E-state index contributed by atoms with van der Waals surface area (Å²) < 4.78 is 0. The molecule has 1 N–H and O–H groups in total. The highest BCUT2D eigenvalue weighted by atomic mass is 35.5. The maximum absolute atomic E-state index is 11.6. The minimum Gasteiger partial charge on any atom is -0.478 e. The standard InChI is InChI=1S/C20H25N3O2.2ClH/c1-13-11-14(2)19(20(24)25)15(3)17(13)12-16-6-9-23(10-7-16)18-5-4-8-21-22-18;;/h4-5,8,11,16H,6-7,9-10,12H2,1-3H3,(H,24,25);2*1H. The Labute approximate surface area is 173 Å². The van der Waals surface area contributed by atoms with E-state index in [0.717, 1.165) is 49.3 Å². The van der Waals surface area contributed by atoms with Gasteiger partial charge >= 0.3 is 5.97 Å². The van der Waals surface area contributed by atoms with E-state index in [9.17, 15) is 9.90 Å². The lowest BCUT2D eigenvalue weighted by Crippen LogP contribution is -2.35. The number of aromatic carboxylic acids is 1. The molecule has 5 nitrogen and oxygen atoms in total. The minimum atomic E-state index is -0.825. The van der Waals surface area contributed by atoms with Crippen molar-refractivity contribution in [2.45, 2.75) is 40.0 Å². The first-order valence-corrected chi connectivity index (χ1v) is 8.83. The third-order valence-corrected chi connectivity index (χ3v) is 5.33. The van der Waals surface area contributed by atoms with Gasteiger partial charge in [-0.25, -0.2) is 4.79 Å². The van der Waals surface area contributed by atoms with E-state index in [0.29, 0.717) is 11.5 Å². The number of hydrogen-bond acceptors (Lipinski definition) is 4. The number of anilines is 1. The molecule has 0 saturated carbocycles. The molecule has 3 rings (SSSR count).